The summed E-state index contributed by atoms with van der Waals surface area (Å²) in [5, 5.41) is 26.8. The van der Waals surface area contributed by atoms with Crippen molar-refractivity contribution in [3.63, 3.8) is 0 Å². The molecule has 2 rings (SSSR count). The molecule has 0 aromatic carbocycles. The fourth-order valence-corrected chi connectivity index (χ4v) is 3.66. The highest BCUT2D eigenvalue weighted by Crippen LogP contribution is 2.33. The third-order valence-corrected chi connectivity index (χ3v) is 5.33. The molecule has 0 saturated carbocycles. The van der Waals surface area contributed by atoms with Gasteiger partial charge in [0.2, 0.25) is 0 Å². The Labute approximate surface area is 181 Å². The number of hydrogen-bond acceptors (Lipinski definition) is 12. The van der Waals surface area contributed by atoms with Crippen LogP contribution in [0.4, 0.5) is 5.13 Å². The lowest BCUT2D eigenvalue weighted by atomic mass is 9.84. The number of β-lactam (4-membered cyclic amide) rings is 1. The predicted molar refractivity (Wildman–Crippen MR) is 106 cm³/mol. The van der Waals surface area contributed by atoms with E-state index in [4.69, 9.17) is 15.1 Å². The average molecular weight is 482 g/mol. The van der Waals surface area contributed by atoms with Gasteiger partial charge in [-0.05, 0) is 19.8 Å². The summed E-state index contributed by atoms with van der Waals surface area (Å²) in [4.78, 5) is 34.1. The molecule has 0 unspecified atom stereocenters. The van der Waals surface area contributed by atoms with Gasteiger partial charge in [0, 0.05) is 5.38 Å². The quantitative estimate of drug-likeness (QED) is 0.0911. The van der Waals surface area contributed by atoms with Crippen molar-refractivity contribution in [2.75, 3.05) is 5.73 Å². The standard InChI is InChI=1S/C15H23N5O9S2/c1-6(2)9(13(23)24)28-19-8(7-5-30-14(16)17-7)11(21)18-10-12(22)20(15(10,3)4)29-31(25,26)27/h5-6,9-10,13,23-24H,1-4H3,(H2,16,17)(H,18,21)(H,25,26,27)/b19-8-/t9-,10+/m0/s1. The molecule has 1 aromatic rings. The Morgan fingerprint density at radius 2 is 2.03 bits per heavy atom. The molecule has 6 N–H and O–H groups in total. The van der Waals surface area contributed by atoms with E-state index in [9.17, 15) is 28.2 Å². The van der Waals surface area contributed by atoms with Crippen LogP contribution in [0, 0.1) is 5.92 Å². The van der Waals surface area contributed by atoms with Gasteiger partial charge in [-0.15, -0.1) is 15.6 Å². The fourth-order valence-electron chi connectivity index (χ4n) is 2.65. The Hall–Kier alpha value is -2.37. The van der Waals surface area contributed by atoms with Crippen LogP contribution in [-0.2, 0) is 29.1 Å². The number of nitrogens with two attached hydrogens (primary N) is 1. The monoisotopic (exact) mass is 481 g/mol. The third-order valence-electron chi connectivity index (χ3n) is 4.32. The fraction of sp³-hybridized carbons (Fsp3) is 0.600. The van der Waals surface area contributed by atoms with Crippen molar-refractivity contribution < 1.29 is 41.9 Å². The predicted octanol–water partition coefficient (Wildman–Crippen LogP) is -1.38. The lowest BCUT2D eigenvalue weighted by Crippen LogP contribution is -2.76. The maximum Gasteiger partial charge on any atom is 0.418 e. The summed E-state index contributed by atoms with van der Waals surface area (Å²) in [5.74, 6) is -2.26. The van der Waals surface area contributed by atoms with E-state index in [2.05, 4.69) is 19.7 Å². The minimum absolute atomic E-state index is 0.00514. The zero-order valence-corrected chi connectivity index (χ0v) is 18.5. The molecule has 2 amide bonds. The second kappa shape index (κ2) is 9.01. The molecule has 0 aliphatic carbocycles. The molecule has 1 aromatic heterocycles. The number of hydrogen-bond donors (Lipinski definition) is 5. The first kappa shape index (κ1) is 24.9. The highest BCUT2D eigenvalue weighted by atomic mass is 32.3. The van der Waals surface area contributed by atoms with Gasteiger partial charge in [-0.3, -0.25) is 14.1 Å². The van der Waals surface area contributed by atoms with Gasteiger partial charge in [0.15, 0.2) is 23.2 Å². The smallest absolute Gasteiger partial charge is 0.386 e. The van der Waals surface area contributed by atoms with Crippen molar-refractivity contribution in [1.82, 2.24) is 15.4 Å². The van der Waals surface area contributed by atoms with Gasteiger partial charge in [0.1, 0.15) is 11.7 Å². The van der Waals surface area contributed by atoms with Gasteiger partial charge in [0.05, 0.1) is 5.54 Å². The number of rotatable bonds is 9. The number of anilines is 1. The molecule has 2 heterocycles. The van der Waals surface area contributed by atoms with E-state index in [-0.39, 0.29) is 16.7 Å². The van der Waals surface area contributed by atoms with Gasteiger partial charge < -0.3 is 26.1 Å². The number of oxime groups is 1. The number of nitrogen functional groups attached to an aromatic ring is 1. The summed E-state index contributed by atoms with van der Waals surface area (Å²) in [7, 11) is -4.95. The molecule has 31 heavy (non-hydrogen) atoms. The van der Waals surface area contributed by atoms with Crippen LogP contribution in [0.2, 0.25) is 0 Å². The van der Waals surface area contributed by atoms with Gasteiger partial charge in [0.25, 0.3) is 11.8 Å². The minimum atomic E-state index is -4.95. The van der Waals surface area contributed by atoms with Crippen molar-refractivity contribution in [1.29, 1.82) is 0 Å². The van der Waals surface area contributed by atoms with Crippen LogP contribution in [0.1, 0.15) is 33.4 Å². The molecule has 174 valence electrons. The van der Waals surface area contributed by atoms with Crippen LogP contribution in [-0.4, -0.2) is 74.7 Å². The summed E-state index contributed by atoms with van der Waals surface area (Å²) in [6, 6.07) is -1.24. The van der Waals surface area contributed by atoms with Gasteiger partial charge >= 0.3 is 10.4 Å². The van der Waals surface area contributed by atoms with Gasteiger partial charge in [-0.1, -0.05) is 19.0 Å². The summed E-state index contributed by atoms with van der Waals surface area (Å²) >= 11 is 1.00. The summed E-state index contributed by atoms with van der Waals surface area (Å²) in [5.41, 5.74) is 3.84. The number of nitrogens with one attached hydrogen (secondary N) is 1. The lowest BCUT2D eigenvalue weighted by Gasteiger charge is -2.50. The number of amides is 2. The molecule has 0 bridgehead atoms. The van der Waals surface area contributed by atoms with E-state index in [1.807, 2.05) is 0 Å². The van der Waals surface area contributed by atoms with Crippen molar-refractivity contribution in [3.8, 4) is 0 Å². The molecule has 2 atom stereocenters. The molecule has 1 aliphatic heterocycles. The van der Waals surface area contributed by atoms with Crippen LogP contribution in [0.15, 0.2) is 10.5 Å². The number of carbonyl (C=O) groups excluding carboxylic acids is 2. The maximum absolute atomic E-state index is 12.8. The zero-order chi connectivity index (χ0) is 23.7. The molecule has 0 spiro atoms. The van der Waals surface area contributed by atoms with Crippen molar-refractivity contribution in [3.05, 3.63) is 11.1 Å². The molecular formula is C15H23N5O9S2. The number of carbonyl (C=O) groups is 2. The van der Waals surface area contributed by atoms with Crippen molar-refractivity contribution in [2.45, 2.75) is 51.7 Å². The molecule has 1 fully saturated rings. The zero-order valence-electron chi connectivity index (χ0n) is 16.9. The van der Waals surface area contributed by atoms with E-state index >= 15 is 0 Å². The molecule has 1 aliphatic rings. The first-order valence-corrected chi connectivity index (χ1v) is 11.0. The Bertz CT molecular complexity index is 965. The van der Waals surface area contributed by atoms with Crippen molar-refractivity contribution in [2.24, 2.45) is 11.1 Å². The Morgan fingerprint density at radius 3 is 2.45 bits per heavy atom. The SMILES string of the molecule is CC(C)[C@H](O/N=C(\C(=O)N[C@@H]1C(=O)N(OS(=O)(=O)O)C1(C)C)c1csc(N)n1)C(O)O. The first-order chi connectivity index (χ1) is 14.1. The number of aromatic nitrogens is 1. The molecule has 1 saturated heterocycles. The minimum Gasteiger partial charge on any atom is -0.386 e. The maximum atomic E-state index is 12.8. The Morgan fingerprint density at radius 1 is 1.42 bits per heavy atom. The van der Waals surface area contributed by atoms with E-state index in [1.165, 1.54) is 19.2 Å². The van der Waals surface area contributed by atoms with Gasteiger partial charge in [-0.25, -0.2) is 4.98 Å². The summed E-state index contributed by atoms with van der Waals surface area (Å²) in [6.07, 6.45) is -3.05. The number of thiazole rings is 1. The van der Waals surface area contributed by atoms with E-state index in [0.717, 1.165) is 11.3 Å². The van der Waals surface area contributed by atoms with Crippen LogP contribution >= 0.6 is 11.3 Å². The third kappa shape index (κ3) is 5.66. The normalized spacial score (nSPS) is 20.0. The highest BCUT2D eigenvalue weighted by Gasteiger charge is 2.58. The topological polar surface area (TPSA) is 214 Å². The van der Waals surface area contributed by atoms with E-state index in [0.29, 0.717) is 5.06 Å². The Kier molecular flexibility index (Phi) is 7.24. The summed E-state index contributed by atoms with van der Waals surface area (Å²) < 4.78 is 34.8. The first-order valence-electron chi connectivity index (χ1n) is 8.78. The number of aliphatic hydroxyl groups is 2. The second-order valence-corrected chi connectivity index (χ2v) is 9.33. The number of nitrogens with zero attached hydrogens (tertiary/aromatic N) is 3. The molecular weight excluding hydrogens is 458 g/mol. The molecule has 0 radical (unpaired) electrons. The van der Waals surface area contributed by atoms with Crippen LogP contribution in [0.25, 0.3) is 0 Å². The number of hydroxylamine groups is 2. The number of aliphatic hydroxyl groups excluding tert-OH is 1. The van der Waals surface area contributed by atoms with Crippen LogP contribution in [0.3, 0.4) is 0 Å². The van der Waals surface area contributed by atoms with Crippen LogP contribution in [0.5, 0.6) is 0 Å². The van der Waals surface area contributed by atoms with Gasteiger partial charge in [-0.2, -0.15) is 13.5 Å². The highest BCUT2D eigenvalue weighted by molar-refractivity contribution is 7.80. The van der Waals surface area contributed by atoms with Crippen LogP contribution < -0.4 is 11.1 Å². The van der Waals surface area contributed by atoms with E-state index < -0.39 is 51.9 Å². The lowest BCUT2D eigenvalue weighted by molar-refractivity contribution is -0.218. The summed E-state index contributed by atoms with van der Waals surface area (Å²) in [6.45, 7) is 6.05. The van der Waals surface area contributed by atoms with Crippen molar-refractivity contribution >= 4 is 44.4 Å². The van der Waals surface area contributed by atoms with E-state index in [1.54, 1.807) is 13.8 Å². The molecule has 14 nitrogen and oxygen atoms in total. The second-order valence-electron chi connectivity index (χ2n) is 7.43. The largest absolute Gasteiger partial charge is 0.418 e. The molecule has 16 heteroatoms. The Balaban J connectivity index is 2.26. The average Bonchev–Trinajstić information content (AvgIpc) is 3.05.